The summed E-state index contributed by atoms with van der Waals surface area (Å²) in [4.78, 5) is 51.6. The average molecular weight is 766 g/mol. The first kappa shape index (κ1) is 38.0. The Morgan fingerprint density at radius 1 is 0.741 bits per heavy atom. The molecule has 1 aliphatic carbocycles. The predicted molar refractivity (Wildman–Crippen MR) is 209 cm³/mol. The van der Waals surface area contributed by atoms with E-state index in [0.29, 0.717) is 22.7 Å². The van der Waals surface area contributed by atoms with Crippen LogP contribution in [0.3, 0.4) is 0 Å². The molecule has 0 spiro atoms. The van der Waals surface area contributed by atoms with Gasteiger partial charge in [-0.3, -0.25) is 13.9 Å². The van der Waals surface area contributed by atoms with Crippen LogP contribution in [0.25, 0.3) is 0 Å². The molecule has 5 aromatic rings. The van der Waals surface area contributed by atoms with E-state index in [2.05, 4.69) is 10.6 Å². The minimum absolute atomic E-state index is 0.00844. The molecular formula is C41H39N3O8S2. The lowest BCUT2D eigenvalue weighted by Crippen LogP contribution is -2.38. The molecule has 0 atom stereocenters. The number of carbonyl (C=O) groups excluding carboxylic acids is 2. The molecule has 0 aliphatic heterocycles. The third kappa shape index (κ3) is 8.22. The quantitative estimate of drug-likeness (QED) is 0.0937. The number of aromatic carboxylic acids is 2. The van der Waals surface area contributed by atoms with E-state index in [9.17, 15) is 32.7 Å². The highest BCUT2D eigenvalue weighted by Gasteiger charge is 2.32. The van der Waals surface area contributed by atoms with Gasteiger partial charge in [0, 0.05) is 22.2 Å². The van der Waals surface area contributed by atoms with Crippen molar-refractivity contribution in [3.8, 4) is 0 Å². The molecule has 0 saturated heterocycles. The number of carboxylic acids is 2. The molecule has 0 unspecified atom stereocenters. The lowest BCUT2D eigenvalue weighted by Gasteiger charge is -2.29. The largest absolute Gasteiger partial charge is 0.478 e. The molecule has 1 aliphatic rings. The van der Waals surface area contributed by atoms with Crippen molar-refractivity contribution in [3.05, 3.63) is 141 Å². The summed E-state index contributed by atoms with van der Waals surface area (Å²) in [7, 11) is -4.31. The maximum absolute atomic E-state index is 14.0. The number of aryl methyl sites for hydroxylation is 3. The number of hydrogen-bond donors (Lipinski definition) is 4. The molecule has 4 N–H and O–H groups in total. The fourth-order valence-electron chi connectivity index (χ4n) is 6.56. The summed E-state index contributed by atoms with van der Waals surface area (Å²) in [5.41, 5.74) is 4.05. The molecule has 11 nitrogen and oxygen atoms in total. The Balaban J connectivity index is 1.20. The Morgan fingerprint density at radius 3 is 2.04 bits per heavy atom. The maximum atomic E-state index is 14.0. The van der Waals surface area contributed by atoms with Crippen LogP contribution in [-0.2, 0) is 35.7 Å². The number of hydrogen-bond acceptors (Lipinski definition) is 7. The number of nitrogens with zero attached hydrogens (tertiary/aromatic N) is 1. The second-order valence-corrected chi connectivity index (χ2v) is 16.2. The van der Waals surface area contributed by atoms with Crippen molar-refractivity contribution in [2.24, 2.45) is 0 Å². The van der Waals surface area contributed by atoms with Crippen LogP contribution in [0, 0.1) is 0 Å². The molecule has 0 saturated carbocycles. The minimum Gasteiger partial charge on any atom is -0.478 e. The van der Waals surface area contributed by atoms with Gasteiger partial charge in [0.25, 0.3) is 21.8 Å². The SMILES string of the molecule is CC(C)N(c1ccccc1C(=O)O)S(=O)(=O)c1cccc(C(=O)Nc2sc3c(c2C(=O)Nc2ccc(CCc4ccc(C(=O)O)cc4)cc2)CCCC3)c1. The molecule has 0 fully saturated rings. The van der Waals surface area contributed by atoms with Crippen LogP contribution in [0.1, 0.15) is 89.7 Å². The number of nitrogens with one attached hydrogen (secondary N) is 2. The van der Waals surface area contributed by atoms with Gasteiger partial charge in [0.15, 0.2) is 0 Å². The van der Waals surface area contributed by atoms with Gasteiger partial charge in [-0.05, 0) is 124 Å². The summed E-state index contributed by atoms with van der Waals surface area (Å²) in [6.07, 6.45) is 4.78. The second kappa shape index (κ2) is 16.1. The molecule has 2 amide bonds. The van der Waals surface area contributed by atoms with Crippen LogP contribution in [0.4, 0.5) is 16.4 Å². The van der Waals surface area contributed by atoms with E-state index in [1.165, 1.54) is 53.8 Å². The average Bonchev–Trinajstić information content (AvgIpc) is 3.52. The van der Waals surface area contributed by atoms with Crippen LogP contribution in [0.5, 0.6) is 0 Å². The highest BCUT2D eigenvalue weighted by molar-refractivity contribution is 7.92. The van der Waals surface area contributed by atoms with Gasteiger partial charge in [-0.15, -0.1) is 11.3 Å². The number of thiophene rings is 1. The van der Waals surface area contributed by atoms with Crippen molar-refractivity contribution < 1.29 is 37.8 Å². The highest BCUT2D eigenvalue weighted by atomic mass is 32.2. The number of amides is 2. The van der Waals surface area contributed by atoms with E-state index < -0.39 is 33.9 Å². The van der Waals surface area contributed by atoms with E-state index >= 15 is 0 Å². The first-order chi connectivity index (χ1) is 25.8. The minimum atomic E-state index is -4.31. The number of para-hydroxylation sites is 1. The van der Waals surface area contributed by atoms with Gasteiger partial charge in [-0.25, -0.2) is 18.0 Å². The fraction of sp³-hybridized carbons (Fsp3) is 0.220. The van der Waals surface area contributed by atoms with Gasteiger partial charge in [0.1, 0.15) is 5.00 Å². The van der Waals surface area contributed by atoms with Crippen molar-refractivity contribution in [2.75, 3.05) is 14.9 Å². The number of carbonyl (C=O) groups is 4. The third-order valence-corrected chi connectivity index (χ3v) is 12.4. The molecule has 4 aromatic carbocycles. The van der Waals surface area contributed by atoms with Crippen LogP contribution in [0.2, 0.25) is 0 Å². The topological polar surface area (TPSA) is 170 Å². The molecule has 54 heavy (non-hydrogen) atoms. The van der Waals surface area contributed by atoms with Crippen LogP contribution < -0.4 is 14.9 Å². The smallest absolute Gasteiger partial charge is 0.337 e. The zero-order chi connectivity index (χ0) is 38.6. The highest BCUT2D eigenvalue weighted by Crippen LogP contribution is 2.39. The lowest BCUT2D eigenvalue weighted by atomic mass is 9.95. The zero-order valence-corrected chi connectivity index (χ0v) is 31.3. The summed E-state index contributed by atoms with van der Waals surface area (Å²) < 4.78 is 29.1. The number of fused-ring (bicyclic) bond motifs is 1. The first-order valence-corrected chi connectivity index (χ1v) is 19.7. The lowest BCUT2D eigenvalue weighted by molar-refractivity contribution is 0.0686. The Labute approximate surface area is 317 Å². The standard InChI is InChI=1S/C41H39N3O8S2/c1-25(2)44(34-12-5-3-10-32(34)41(49)50)54(51,52)31-9-7-8-29(24-31)37(45)43-39-36(33-11-4-6-13-35(33)53-39)38(46)42-30-22-18-27(19-23-30)15-14-26-16-20-28(21-17-26)40(47)48/h3,5,7-10,12,16-25H,4,6,11,13-15H2,1-2H3,(H,42,46)(H,43,45)(H,47,48)(H,49,50). The molecule has 0 bridgehead atoms. The molecular weight excluding hydrogens is 727 g/mol. The van der Waals surface area contributed by atoms with Crippen LogP contribution in [0.15, 0.2) is 102 Å². The monoisotopic (exact) mass is 765 g/mol. The Hall–Kier alpha value is -5.79. The van der Waals surface area contributed by atoms with E-state index in [0.717, 1.165) is 58.0 Å². The van der Waals surface area contributed by atoms with Gasteiger partial charge in [-0.2, -0.15) is 0 Å². The van der Waals surface area contributed by atoms with E-state index in [4.69, 9.17) is 5.11 Å². The van der Waals surface area contributed by atoms with E-state index in [-0.39, 0.29) is 33.2 Å². The third-order valence-electron chi connectivity index (χ3n) is 9.23. The summed E-state index contributed by atoms with van der Waals surface area (Å²) in [6, 6.07) is 25.0. The van der Waals surface area contributed by atoms with Crippen molar-refractivity contribution >= 4 is 61.5 Å². The molecule has 278 valence electrons. The predicted octanol–water partition coefficient (Wildman–Crippen LogP) is 7.92. The fourth-order valence-corrected chi connectivity index (χ4v) is 9.57. The van der Waals surface area contributed by atoms with Crippen molar-refractivity contribution in [1.29, 1.82) is 0 Å². The summed E-state index contributed by atoms with van der Waals surface area (Å²) in [5, 5.41) is 25.1. The van der Waals surface area contributed by atoms with Crippen LogP contribution in [-0.4, -0.2) is 48.4 Å². The van der Waals surface area contributed by atoms with Gasteiger partial charge >= 0.3 is 11.9 Å². The number of sulfonamides is 1. The van der Waals surface area contributed by atoms with E-state index in [1.54, 1.807) is 44.2 Å². The molecule has 0 radical (unpaired) electrons. The molecule has 1 aromatic heterocycles. The number of rotatable bonds is 13. The van der Waals surface area contributed by atoms with Crippen LogP contribution >= 0.6 is 11.3 Å². The van der Waals surface area contributed by atoms with Gasteiger partial charge in [0.2, 0.25) is 0 Å². The number of benzene rings is 4. The van der Waals surface area contributed by atoms with Crippen molar-refractivity contribution in [1.82, 2.24) is 0 Å². The second-order valence-electron chi connectivity index (χ2n) is 13.3. The van der Waals surface area contributed by atoms with Crippen molar-refractivity contribution in [3.63, 3.8) is 0 Å². The molecule has 13 heteroatoms. The Kier molecular flexibility index (Phi) is 11.3. The maximum Gasteiger partial charge on any atom is 0.337 e. The first-order valence-electron chi connectivity index (χ1n) is 17.5. The normalized spacial score (nSPS) is 12.5. The Bertz CT molecular complexity index is 2330. The number of carboxylic acid groups (broad SMARTS) is 2. The zero-order valence-electron chi connectivity index (χ0n) is 29.7. The van der Waals surface area contributed by atoms with Gasteiger partial charge in [-0.1, -0.05) is 42.5 Å². The van der Waals surface area contributed by atoms with E-state index in [1.807, 2.05) is 24.3 Å². The van der Waals surface area contributed by atoms with Gasteiger partial charge in [0.05, 0.1) is 27.3 Å². The summed E-state index contributed by atoms with van der Waals surface area (Å²) in [5.74, 6) is -3.19. The number of anilines is 3. The molecule has 1 heterocycles. The molecule has 6 rings (SSSR count). The summed E-state index contributed by atoms with van der Waals surface area (Å²) >= 11 is 1.35. The Morgan fingerprint density at radius 2 is 1.39 bits per heavy atom. The van der Waals surface area contributed by atoms with Gasteiger partial charge < -0.3 is 20.8 Å². The van der Waals surface area contributed by atoms with Crippen molar-refractivity contribution in [2.45, 2.75) is 63.3 Å². The summed E-state index contributed by atoms with van der Waals surface area (Å²) in [6.45, 7) is 3.28.